The van der Waals surface area contributed by atoms with Gasteiger partial charge in [-0.15, -0.1) is 11.8 Å². The molecule has 0 aliphatic carbocycles. The predicted molar refractivity (Wildman–Crippen MR) is 128 cm³/mol. The highest BCUT2D eigenvalue weighted by Gasteiger charge is 2.39. The zero-order valence-electron chi connectivity index (χ0n) is 18.3. The van der Waals surface area contributed by atoms with Crippen molar-refractivity contribution in [1.82, 2.24) is 20.0 Å². The summed E-state index contributed by atoms with van der Waals surface area (Å²) < 4.78 is 11.0. The van der Waals surface area contributed by atoms with Crippen molar-refractivity contribution in [2.45, 2.75) is 17.5 Å². The Kier molecular flexibility index (Phi) is 6.72. The average molecular weight is 492 g/mol. The second-order valence-electron chi connectivity index (χ2n) is 7.96. The smallest absolute Gasteiger partial charge is 0.255 e. The van der Waals surface area contributed by atoms with Crippen LogP contribution >= 0.6 is 23.4 Å². The summed E-state index contributed by atoms with van der Waals surface area (Å²) in [5.41, 5.74) is 4.17. The molecule has 1 aromatic carbocycles. The van der Waals surface area contributed by atoms with Crippen LogP contribution < -0.4 is 15.2 Å². The van der Waals surface area contributed by atoms with Crippen molar-refractivity contribution in [3.8, 4) is 0 Å². The topological polar surface area (TPSA) is 95.9 Å². The van der Waals surface area contributed by atoms with Gasteiger partial charge in [-0.1, -0.05) is 23.7 Å². The summed E-state index contributed by atoms with van der Waals surface area (Å²) >= 11 is 7.64. The summed E-state index contributed by atoms with van der Waals surface area (Å²) in [6, 6.07) is 7.54. The van der Waals surface area contributed by atoms with Gasteiger partial charge in [-0.3, -0.25) is 10.2 Å². The molecule has 0 saturated carbocycles. The second kappa shape index (κ2) is 9.88. The molecule has 3 aliphatic rings. The molecule has 3 fully saturated rings. The number of nitrogens with zero attached hydrogens (tertiary/aromatic N) is 6. The van der Waals surface area contributed by atoms with E-state index in [1.54, 1.807) is 16.8 Å². The first kappa shape index (κ1) is 22.5. The molecular formula is C21H26ClN7O3S. The summed E-state index contributed by atoms with van der Waals surface area (Å²) in [6.07, 6.45) is 0. The fourth-order valence-electron chi connectivity index (χ4n) is 3.91. The summed E-state index contributed by atoms with van der Waals surface area (Å²) in [5.74, 6) is 1.47. The fourth-order valence-corrected chi connectivity index (χ4v) is 5.25. The number of carbonyl (C=O) groups is 1. The van der Waals surface area contributed by atoms with E-state index >= 15 is 0 Å². The highest BCUT2D eigenvalue weighted by atomic mass is 35.5. The van der Waals surface area contributed by atoms with Gasteiger partial charge in [0.1, 0.15) is 5.37 Å². The highest BCUT2D eigenvalue weighted by Crippen LogP contribution is 2.42. The first-order valence-electron chi connectivity index (χ1n) is 11.0. The molecule has 4 heterocycles. The van der Waals surface area contributed by atoms with E-state index in [1.165, 1.54) is 0 Å². The van der Waals surface area contributed by atoms with Crippen LogP contribution in [0.1, 0.15) is 17.9 Å². The van der Waals surface area contributed by atoms with E-state index in [9.17, 15) is 4.79 Å². The number of hydrogen-bond acceptors (Lipinski definition) is 10. The maximum absolute atomic E-state index is 13.0. The zero-order valence-corrected chi connectivity index (χ0v) is 19.9. The minimum atomic E-state index is -0.222. The minimum Gasteiger partial charge on any atom is -0.378 e. The van der Waals surface area contributed by atoms with Crippen molar-refractivity contribution in [3.63, 3.8) is 0 Å². The van der Waals surface area contributed by atoms with Crippen LogP contribution in [0.4, 0.5) is 17.8 Å². The van der Waals surface area contributed by atoms with Crippen LogP contribution in [-0.4, -0.2) is 83.7 Å². The van der Waals surface area contributed by atoms with Gasteiger partial charge in [-0.25, -0.2) is 5.01 Å². The fraction of sp³-hybridized carbons (Fsp3) is 0.524. The Labute approximate surface area is 201 Å². The third-order valence-corrected chi connectivity index (χ3v) is 7.33. The zero-order chi connectivity index (χ0) is 22.8. The summed E-state index contributed by atoms with van der Waals surface area (Å²) in [7, 11) is 0. The molecule has 3 saturated heterocycles. The lowest BCUT2D eigenvalue weighted by Gasteiger charge is -2.31. The Balaban J connectivity index is 1.46. The van der Waals surface area contributed by atoms with Crippen LogP contribution in [0.15, 0.2) is 24.3 Å². The van der Waals surface area contributed by atoms with Crippen LogP contribution in [0.25, 0.3) is 0 Å². The molecule has 10 nitrogen and oxygen atoms in total. The number of hydrazine groups is 1. The second-order valence-corrected chi connectivity index (χ2v) is 9.82. The number of thioether (sulfide) groups is 1. The number of halogens is 1. The van der Waals surface area contributed by atoms with E-state index in [1.807, 2.05) is 31.2 Å². The number of morpholine rings is 2. The molecule has 2 aromatic rings. The number of anilines is 3. The van der Waals surface area contributed by atoms with Gasteiger partial charge in [0, 0.05) is 31.2 Å². The number of rotatable bonds is 5. The van der Waals surface area contributed by atoms with Crippen molar-refractivity contribution in [2.24, 2.45) is 0 Å². The number of hydrogen-bond donors (Lipinski definition) is 1. The lowest BCUT2D eigenvalue weighted by Crippen LogP contribution is -2.41. The van der Waals surface area contributed by atoms with Crippen molar-refractivity contribution < 1.29 is 14.3 Å². The number of nitrogens with one attached hydrogen (secondary N) is 1. The van der Waals surface area contributed by atoms with Gasteiger partial charge < -0.3 is 19.3 Å². The summed E-state index contributed by atoms with van der Waals surface area (Å²) in [5, 5.41) is 1.85. The van der Waals surface area contributed by atoms with Crippen molar-refractivity contribution >= 4 is 47.1 Å². The van der Waals surface area contributed by atoms with Crippen molar-refractivity contribution in [3.05, 3.63) is 34.9 Å². The van der Waals surface area contributed by atoms with Crippen LogP contribution in [0.5, 0.6) is 0 Å². The van der Waals surface area contributed by atoms with E-state index in [0.717, 1.165) is 5.56 Å². The van der Waals surface area contributed by atoms with Gasteiger partial charge in [0.25, 0.3) is 5.91 Å². The van der Waals surface area contributed by atoms with E-state index in [-0.39, 0.29) is 16.5 Å². The molecule has 0 radical (unpaired) electrons. The molecule has 1 amide bonds. The third-order valence-electron chi connectivity index (χ3n) is 5.73. The third kappa shape index (κ3) is 4.96. The van der Waals surface area contributed by atoms with Crippen LogP contribution in [0.2, 0.25) is 5.02 Å². The van der Waals surface area contributed by atoms with Crippen molar-refractivity contribution in [2.75, 3.05) is 67.8 Å². The summed E-state index contributed by atoms with van der Waals surface area (Å²) in [4.78, 5) is 31.3. The van der Waals surface area contributed by atoms with Crippen LogP contribution in [0, 0.1) is 0 Å². The molecular weight excluding hydrogens is 466 g/mol. The Morgan fingerprint density at radius 2 is 1.48 bits per heavy atom. The van der Waals surface area contributed by atoms with E-state index in [2.05, 4.69) is 25.2 Å². The van der Waals surface area contributed by atoms with Gasteiger partial charge in [0.2, 0.25) is 17.8 Å². The first-order valence-corrected chi connectivity index (χ1v) is 12.3. The number of aromatic nitrogens is 3. The standard InChI is InChI=1S/C21H26ClN7O3S/c1-14-17(30)29(18(33-14)15-2-4-16(22)5-3-15)26-19-23-20(27-6-10-31-11-7-27)25-21(24-19)28-8-12-32-13-9-28/h2-5,14,18H,6-13H2,1H3,(H,23,24,25,26)/t14-,18-/m1/s1. The number of benzene rings is 1. The monoisotopic (exact) mass is 491 g/mol. The molecule has 5 rings (SSSR count). The first-order chi connectivity index (χ1) is 16.1. The van der Waals surface area contributed by atoms with Crippen LogP contribution in [0.3, 0.4) is 0 Å². The van der Waals surface area contributed by atoms with Gasteiger partial charge in [-0.2, -0.15) is 15.0 Å². The molecule has 3 aliphatic heterocycles. The van der Waals surface area contributed by atoms with E-state index in [4.69, 9.17) is 26.1 Å². The van der Waals surface area contributed by atoms with Crippen molar-refractivity contribution in [1.29, 1.82) is 0 Å². The molecule has 2 atom stereocenters. The Bertz CT molecular complexity index is 950. The van der Waals surface area contributed by atoms with Crippen LogP contribution in [-0.2, 0) is 14.3 Å². The average Bonchev–Trinajstić information content (AvgIpc) is 3.14. The molecule has 1 aromatic heterocycles. The summed E-state index contributed by atoms with van der Waals surface area (Å²) in [6.45, 7) is 7.21. The molecule has 0 unspecified atom stereocenters. The molecule has 33 heavy (non-hydrogen) atoms. The SMILES string of the molecule is C[C@H]1S[C@H](c2ccc(Cl)cc2)N(Nc2nc(N3CCOCC3)nc(N3CCOCC3)n2)C1=O. The van der Waals surface area contributed by atoms with Gasteiger partial charge in [-0.05, 0) is 24.6 Å². The lowest BCUT2D eigenvalue weighted by molar-refractivity contribution is -0.128. The van der Waals surface area contributed by atoms with E-state index in [0.29, 0.717) is 75.5 Å². The lowest BCUT2D eigenvalue weighted by atomic mass is 10.2. The maximum Gasteiger partial charge on any atom is 0.255 e. The van der Waals surface area contributed by atoms with Gasteiger partial charge in [0.15, 0.2) is 0 Å². The highest BCUT2D eigenvalue weighted by molar-refractivity contribution is 8.01. The molecule has 12 heteroatoms. The Morgan fingerprint density at radius 3 is 2.03 bits per heavy atom. The molecule has 0 bridgehead atoms. The Hall–Kier alpha value is -2.34. The van der Waals surface area contributed by atoms with Gasteiger partial charge >= 0.3 is 0 Å². The maximum atomic E-state index is 13.0. The number of ether oxygens (including phenoxy) is 2. The largest absolute Gasteiger partial charge is 0.378 e. The normalized spacial score (nSPS) is 23.8. The molecule has 1 N–H and O–H groups in total. The van der Waals surface area contributed by atoms with E-state index < -0.39 is 0 Å². The van der Waals surface area contributed by atoms with Gasteiger partial charge in [0.05, 0.1) is 31.7 Å². The Morgan fingerprint density at radius 1 is 0.939 bits per heavy atom. The molecule has 176 valence electrons. The molecule has 0 spiro atoms. The minimum absolute atomic E-state index is 0.0267. The predicted octanol–water partition coefficient (Wildman–Crippen LogP) is 2.19. The number of amides is 1. The number of carbonyl (C=O) groups excluding carboxylic acids is 1. The quantitative estimate of drug-likeness (QED) is 0.670.